The minimum absolute atomic E-state index is 0.331. The highest BCUT2D eigenvalue weighted by Crippen LogP contribution is 2.32. The number of hydrogen-bond acceptors (Lipinski definition) is 2. The number of nitrogens with two attached hydrogens (primary N) is 1. The molecule has 0 unspecified atom stereocenters. The SMILES string of the molecule is Nc1cc(F)cc(CSc2cc(Cl)ccc2Cl)c1. The van der Waals surface area contributed by atoms with Gasteiger partial charge in [-0.2, -0.15) is 0 Å². The Bertz CT molecular complexity index is 555. The van der Waals surface area contributed by atoms with Gasteiger partial charge in [-0.3, -0.25) is 0 Å². The average molecular weight is 302 g/mol. The normalized spacial score (nSPS) is 10.6. The Morgan fingerprint density at radius 2 is 1.89 bits per heavy atom. The number of hydrogen-bond donors (Lipinski definition) is 1. The zero-order valence-electron chi connectivity index (χ0n) is 9.29. The summed E-state index contributed by atoms with van der Waals surface area (Å²) < 4.78 is 13.2. The lowest BCUT2D eigenvalue weighted by Gasteiger charge is -2.06. The van der Waals surface area contributed by atoms with Gasteiger partial charge in [0.15, 0.2) is 0 Å². The quantitative estimate of drug-likeness (QED) is 0.637. The van der Waals surface area contributed by atoms with E-state index in [-0.39, 0.29) is 5.82 Å². The summed E-state index contributed by atoms with van der Waals surface area (Å²) in [5.74, 6) is 0.255. The van der Waals surface area contributed by atoms with Crippen LogP contribution in [0.5, 0.6) is 0 Å². The first-order valence-electron chi connectivity index (χ1n) is 5.17. The fourth-order valence-corrected chi connectivity index (χ4v) is 2.93. The third-order valence-electron chi connectivity index (χ3n) is 2.27. The van der Waals surface area contributed by atoms with Gasteiger partial charge in [-0.1, -0.05) is 23.2 Å². The summed E-state index contributed by atoms with van der Waals surface area (Å²) >= 11 is 13.4. The van der Waals surface area contributed by atoms with Gasteiger partial charge in [0.05, 0.1) is 5.02 Å². The summed E-state index contributed by atoms with van der Waals surface area (Å²) in [6, 6.07) is 9.76. The molecular weight excluding hydrogens is 292 g/mol. The van der Waals surface area contributed by atoms with Gasteiger partial charge >= 0.3 is 0 Å². The summed E-state index contributed by atoms with van der Waals surface area (Å²) in [4.78, 5) is 0.868. The Hall–Kier alpha value is -0.900. The number of nitrogen functional groups attached to an aromatic ring is 1. The van der Waals surface area contributed by atoms with Crippen molar-refractivity contribution in [2.45, 2.75) is 10.6 Å². The molecule has 2 aromatic rings. The minimum atomic E-state index is -0.331. The van der Waals surface area contributed by atoms with Crippen LogP contribution in [0.3, 0.4) is 0 Å². The van der Waals surface area contributed by atoms with Gasteiger partial charge in [0.1, 0.15) is 5.82 Å². The Morgan fingerprint density at radius 1 is 1.11 bits per heavy atom. The highest BCUT2D eigenvalue weighted by Gasteiger charge is 2.04. The molecule has 2 aromatic carbocycles. The third-order valence-corrected chi connectivity index (χ3v) is 4.07. The third kappa shape index (κ3) is 3.55. The molecule has 0 radical (unpaired) electrons. The van der Waals surface area contributed by atoms with Crippen molar-refractivity contribution >= 4 is 40.7 Å². The van der Waals surface area contributed by atoms with E-state index in [0.29, 0.717) is 21.5 Å². The lowest BCUT2D eigenvalue weighted by molar-refractivity contribution is 0.627. The molecule has 0 amide bonds. The number of anilines is 1. The molecule has 0 heterocycles. The molecule has 0 aliphatic rings. The van der Waals surface area contributed by atoms with Crippen LogP contribution in [0, 0.1) is 5.82 Å². The summed E-state index contributed by atoms with van der Waals surface area (Å²) in [6.07, 6.45) is 0. The van der Waals surface area contributed by atoms with Crippen molar-refractivity contribution in [3.05, 3.63) is 57.8 Å². The first-order valence-corrected chi connectivity index (χ1v) is 6.91. The van der Waals surface area contributed by atoms with Crippen molar-refractivity contribution in [2.75, 3.05) is 5.73 Å². The highest BCUT2D eigenvalue weighted by molar-refractivity contribution is 7.98. The largest absolute Gasteiger partial charge is 0.399 e. The van der Waals surface area contributed by atoms with Crippen molar-refractivity contribution in [3.8, 4) is 0 Å². The van der Waals surface area contributed by atoms with Gasteiger partial charge < -0.3 is 5.73 Å². The van der Waals surface area contributed by atoms with Crippen LogP contribution in [0.2, 0.25) is 10.0 Å². The van der Waals surface area contributed by atoms with Crippen LogP contribution in [0.1, 0.15) is 5.56 Å². The zero-order chi connectivity index (χ0) is 13.1. The standard InChI is InChI=1S/C13H10Cl2FNS/c14-9-1-2-12(15)13(5-9)18-7-8-3-10(16)6-11(17)4-8/h1-6H,7,17H2. The van der Waals surface area contributed by atoms with Gasteiger partial charge in [0.2, 0.25) is 0 Å². The Labute approximate surface area is 119 Å². The second-order valence-electron chi connectivity index (χ2n) is 3.76. The molecule has 0 fully saturated rings. The van der Waals surface area contributed by atoms with E-state index in [0.717, 1.165) is 10.5 Å². The van der Waals surface area contributed by atoms with Crippen LogP contribution in [-0.4, -0.2) is 0 Å². The van der Waals surface area contributed by atoms with Crippen molar-refractivity contribution in [3.63, 3.8) is 0 Å². The molecule has 0 bridgehead atoms. The smallest absolute Gasteiger partial charge is 0.125 e. The molecule has 5 heteroatoms. The van der Waals surface area contributed by atoms with Gasteiger partial charge in [-0.25, -0.2) is 4.39 Å². The van der Waals surface area contributed by atoms with E-state index in [1.54, 1.807) is 24.3 Å². The van der Waals surface area contributed by atoms with E-state index in [1.807, 2.05) is 0 Å². The molecule has 94 valence electrons. The van der Waals surface area contributed by atoms with Crippen LogP contribution in [-0.2, 0) is 5.75 Å². The predicted octanol–water partition coefficient (Wildman–Crippen LogP) is 5.01. The van der Waals surface area contributed by atoms with E-state index in [4.69, 9.17) is 28.9 Å². The number of benzene rings is 2. The summed E-state index contributed by atoms with van der Waals surface area (Å²) in [7, 11) is 0. The monoisotopic (exact) mass is 301 g/mol. The predicted molar refractivity (Wildman–Crippen MR) is 76.8 cm³/mol. The summed E-state index contributed by atoms with van der Waals surface area (Å²) in [5.41, 5.74) is 6.82. The van der Waals surface area contributed by atoms with Crippen molar-refractivity contribution in [2.24, 2.45) is 0 Å². The summed E-state index contributed by atoms with van der Waals surface area (Å²) in [5, 5.41) is 1.26. The van der Waals surface area contributed by atoms with E-state index < -0.39 is 0 Å². The Balaban J connectivity index is 2.13. The van der Waals surface area contributed by atoms with Crippen molar-refractivity contribution < 1.29 is 4.39 Å². The number of thioether (sulfide) groups is 1. The molecule has 0 aliphatic heterocycles. The molecule has 0 saturated heterocycles. The maximum atomic E-state index is 13.2. The number of rotatable bonds is 3. The fraction of sp³-hybridized carbons (Fsp3) is 0.0769. The van der Waals surface area contributed by atoms with Crippen LogP contribution in [0.25, 0.3) is 0 Å². The van der Waals surface area contributed by atoms with Gasteiger partial charge in [0, 0.05) is 21.4 Å². The topological polar surface area (TPSA) is 26.0 Å². The highest BCUT2D eigenvalue weighted by atomic mass is 35.5. The van der Waals surface area contributed by atoms with E-state index in [2.05, 4.69) is 0 Å². The Morgan fingerprint density at radius 3 is 2.61 bits per heavy atom. The first kappa shape index (κ1) is 13.5. The van der Waals surface area contributed by atoms with Crippen LogP contribution in [0.15, 0.2) is 41.3 Å². The molecule has 0 aromatic heterocycles. The second-order valence-corrected chi connectivity index (χ2v) is 5.62. The lowest BCUT2D eigenvalue weighted by atomic mass is 10.2. The van der Waals surface area contributed by atoms with Gasteiger partial charge in [0.25, 0.3) is 0 Å². The molecule has 18 heavy (non-hydrogen) atoms. The fourth-order valence-electron chi connectivity index (χ4n) is 1.51. The maximum absolute atomic E-state index is 13.2. The van der Waals surface area contributed by atoms with E-state index in [9.17, 15) is 4.39 Å². The molecule has 2 rings (SSSR count). The molecule has 1 nitrogen and oxygen atoms in total. The minimum Gasteiger partial charge on any atom is -0.399 e. The lowest BCUT2D eigenvalue weighted by Crippen LogP contribution is -1.90. The van der Waals surface area contributed by atoms with Gasteiger partial charge in [-0.15, -0.1) is 11.8 Å². The molecular formula is C13H10Cl2FNS. The Kier molecular flexibility index (Phi) is 4.38. The zero-order valence-corrected chi connectivity index (χ0v) is 11.6. The average Bonchev–Trinajstić information content (AvgIpc) is 2.29. The first-order chi connectivity index (χ1) is 8.54. The van der Waals surface area contributed by atoms with Crippen LogP contribution in [0.4, 0.5) is 10.1 Å². The van der Waals surface area contributed by atoms with E-state index in [1.165, 1.54) is 23.9 Å². The molecule has 0 aliphatic carbocycles. The van der Waals surface area contributed by atoms with Crippen molar-refractivity contribution in [1.82, 2.24) is 0 Å². The van der Waals surface area contributed by atoms with Crippen LogP contribution >= 0.6 is 35.0 Å². The maximum Gasteiger partial charge on any atom is 0.125 e. The van der Waals surface area contributed by atoms with Gasteiger partial charge in [-0.05, 0) is 42.0 Å². The second kappa shape index (κ2) is 5.83. The summed E-state index contributed by atoms with van der Waals surface area (Å²) in [6.45, 7) is 0. The van der Waals surface area contributed by atoms with E-state index >= 15 is 0 Å². The molecule has 0 atom stereocenters. The molecule has 0 saturated carbocycles. The van der Waals surface area contributed by atoms with Crippen LogP contribution < -0.4 is 5.73 Å². The number of halogens is 3. The molecule has 0 spiro atoms. The van der Waals surface area contributed by atoms with Crippen molar-refractivity contribution in [1.29, 1.82) is 0 Å². The molecule has 2 N–H and O–H groups in total.